The number of ether oxygens (including phenoxy) is 3. The van der Waals surface area contributed by atoms with Gasteiger partial charge in [-0.25, -0.2) is 14.4 Å². The third-order valence-corrected chi connectivity index (χ3v) is 3.29. The molecular formula is C17H21NO6. The number of carbonyl (C=O) groups is 3. The zero-order chi connectivity index (χ0) is 17.9. The molecule has 2 amide bonds. The van der Waals surface area contributed by atoms with Crippen LogP contribution in [0.4, 0.5) is 9.59 Å². The van der Waals surface area contributed by atoms with Crippen LogP contribution in [0, 0.1) is 0 Å². The van der Waals surface area contributed by atoms with Crippen molar-refractivity contribution in [3.05, 3.63) is 35.9 Å². The molecule has 2 rings (SSSR count). The molecule has 1 aromatic rings. The van der Waals surface area contributed by atoms with Gasteiger partial charge in [0.25, 0.3) is 0 Å². The van der Waals surface area contributed by atoms with Crippen LogP contribution in [0.2, 0.25) is 0 Å². The molecule has 2 unspecified atom stereocenters. The van der Waals surface area contributed by atoms with Crippen molar-refractivity contribution in [3.63, 3.8) is 0 Å². The highest BCUT2D eigenvalue weighted by molar-refractivity contribution is 6.04. The van der Waals surface area contributed by atoms with Gasteiger partial charge in [-0.2, -0.15) is 4.90 Å². The summed E-state index contributed by atoms with van der Waals surface area (Å²) in [5, 5.41) is 0. The predicted octanol–water partition coefficient (Wildman–Crippen LogP) is 2.87. The van der Waals surface area contributed by atoms with Gasteiger partial charge in [-0.05, 0) is 33.3 Å². The predicted molar refractivity (Wildman–Crippen MR) is 84.0 cm³/mol. The topological polar surface area (TPSA) is 82.1 Å². The van der Waals surface area contributed by atoms with Gasteiger partial charge in [-0.1, -0.05) is 30.3 Å². The second kappa shape index (κ2) is 7.00. The zero-order valence-electron chi connectivity index (χ0n) is 14.1. The molecular weight excluding hydrogens is 314 g/mol. The molecule has 7 heteroatoms. The lowest BCUT2D eigenvalue weighted by atomic mass is 10.1. The maximum Gasteiger partial charge on any atom is 0.428 e. The van der Waals surface area contributed by atoms with Gasteiger partial charge in [0.15, 0.2) is 6.04 Å². The van der Waals surface area contributed by atoms with E-state index in [0.29, 0.717) is 4.90 Å². The Morgan fingerprint density at radius 3 is 2.46 bits per heavy atom. The summed E-state index contributed by atoms with van der Waals surface area (Å²) in [5.41, 5.74) is 0.104. The summed E-state index contributed by atoms with van der Waals surface area (Å²) in [5.74, 6) is -0.827. The van der Waals surface area contributed by atoms with Crippen LogP contribution in [0.3, 0.4) is 0 Å². The van der Waals surface area contributed by atoms with Crippen LogP contribution < -0.4 is 0 Å². The van der Waals surface area contributed by atoms with Crippen molar-refractivity contribution in [1.29, 1.82) is 0 Å². The molecule has 1 aliphatic rings. The van der Waals surface area contributed by atoms with Crippen LogP contribution >= 0.6 is 0 Å². The Kier molecular flexibility index (Phi) is 5.23. The Balaban J connectivity index is 2.08. The molecule has 1 saturated heterocycles. The summed E-state index contributed by atoms with van der Waals surface area (Å²) in [6.45, 7) is 6.84. The first-order chi connectivity index (χ1) is 11.2. The molecule has 0 spiro atoms. The lowest BCUT2D eigenvalue weighted by molar-refractivity contribution is -0.139. The first-order valence-corrected chi connectivity index (χ1v) is 7.62. The number of cyclic esters (lactones) is 2. The number of amides is 2. The van der Waals surface area contributed by atoms with Crippen molar-refractivity contribution in [3.8, 4) is 0 Å². The van der Waals surface area contributed by atoms with Gasteiger partial charge in [0.2, 0.25) is 0 Å². The fourth-order valence-corrected chi connectivity index (χ4v) is 2.21. The van der Waals surface area contributed by atoms with Crippen molar-refractivity contribution in [2.75, 3.05) is 0 Å². The molecule has 0 saturated carbocycles. The molecule has 1 fully saturated rings. The van der Waals surface area contributed by atoms with Crippen molar-refractivity contribution in [1.82, 2.24) is 4.90 Å². The number of esters is 1. The van der Waals surface area contributed by atoms with Gasteiger partial charge in [0.05, 0.1) is 12.7 Å². The normalized spacial score (nSPS) is 19.2. The van der Waals surface area contributed by atoms with Gasteiger partial charge in [-0.15, -0.1) is 0 Å². The van der Waals surface area contributed by atoms with Crippen LogP contribution in [0.1, 0.15) is 33.3 Å². The van der Waals surface area contributed by atoms with E-state index in [0.717, 1.165) is 5.56 Å². The van der Waals surface area contributed by atoms with Crippen molar-refractivity contribution in [2.45, 2.75) is 52.0 Å². The number of benzene rings is 1. The number of rotatable bonds is 4. The lowest BCUT2D eigenvalue weighted by Crippen LogP contribution is -2.48. The monoisotopic (exact) mass is 335 g/mol. The lowest BCUT2D eigenvalue weighted by Gasteiger charge is -2.27. The second-order valence-electron chi connectivity index (χ2n) is 6.48. The minimum absolute atomic E-state index is 0.238. The quantitative estimate of drug-likeness (QED) is 0.621. The van der Waals surface area contributed by atoms with Gasteiger partial charge in [0, 0.05) is 0 Å². The maximum atomic E-state index is 12.2. The number of imide groups is 1. The molecule has 130 valence electrons. The average Bonchev–Trinajstić information content (AvgIpc) is 2.78. The van der Waals surface area contributed by atoms with Crippen molar-refractivity contribution in [2.24, 2.45) is 0 Å². The molecule has 0 radical (unpaired) electrons. The third-order valence-electron chi connectivity index (χ3n) is 3.29. The summed E-state index contributed by atoms with van der Waals surface area (Å²) in [6, 6.07) is 8.18. The van der Waals surface area contributed by atoms with Crippen LogP contribution in [0.15, 0.2) is 30.3 Å². The fourth-order valence-electron chi connectivity index (χ4n) is 2.21. The Labute approximate surface area is 140 Å². The molecule has 0 bridgehead atoms. The Morgan fingerprint density at radius 1 is 1.25 bits per heavy atom. The standard InChI is InChI=1S/C17H21NO6/c1-11(22-10-12-8-6-5-7-9-12)13-14(19)23-15(20)18(13)16(21)24-17(2,3)4/h5-9,11,13H,10H2,1-4H3. The largest absolute Gasteiger partial charge is 0.443 e. The zero-order valence-corrected chi connectivity index (χ0v) is 14.1. The summed E-state index contributed by atoms with van der Waals surface area (Å²) >= 11 is 0. The number of hydrogen-bond donors (Lipinski definition) is 0. The van der Waals surface area contributed by atoms with Crippen molar-refractivity contribution < 1.29 is 28.6 Å². The number of carbonyl (C=O) groups excluding carboxylic acids is 3. The van der Waals surface area contributed by atoms with Crippen LogP contribution in [-0.4, -0.2) is 40.8 Å². The van der Waals surface area contributed by atoms with Gasteiger partial charge in [-0.3, -0.25) is 0 Å². The van der Waals surface area contributed by atoms with E-state index in [1.165, 1.54) is 0 Å². The van der Waals surface area contributed by atoms with Crippen molar-refractivity contribution >= 4 is 18.2 Å². The molecule has 0 aromatic heterocycles. The van der Waals surface area contributed by atoms with Gasteiger partial charge >= 0.3 is 18.2 Å². The van der Waals surface area contributed by atoms with E-state index in [4.69, 9.17) is 9.47 Å². The SMILES string of the molecule is CC(OCc1ccccc1)C1C(=O)OC(=O)N1C(=O)OC(C)(C)C. The number of nitrogens with zero attached hydrogens (tertiary/aromatic N) is 1. The highest BCUT2D eigenvalue weighted by Crippen LogP contribution is 2.23. The summed E-state index contributed by atoms with van der Waals surface area (Å²) in [7, 11) is 0. The smallest absolute Gasteiger partial charge is 0.428 e. The van der Waals surface area contributed by atoms with E-state index >= 15 is 0 Å². The molecule has 24 heavy (non-hydrogen) atoms. The molecule has 7 nitrogen and oxygen atoms in total. The fraction of sp³-hybridized carbons (Fsp3) is 0.471. The molecule has 1 aromatic carbocycles. The second-order valence-corrected chi connectivity index (χ2v) is 6.48. The average molecular weight is 335 g/mol. The highest BCUT2D eigenvalue weighted by Gasteiger charge is 2.50. The van der Waals surface area contributed by atoms with Gasteiger partial charge in [0.1, 0.15) is 5.60 Å². The van der Waals surface area contributed by atoms with Gasteiger partial charge < -0.3 is 14.2 Å². The van der Waals surface area contributed by atoms with E-state index in [9.17, 15) is 14.4 Å². The first kappa shape index (κ1) is 17.9. The van der Waals surface area contributed by atoms with E-state index < -0.39 is 35.9 Å². The molecule has 0 aliphatic carbocycles. The van der Waals surface area contributed by atoms with E-state index in [1.54, 1.807) is 27.7 Å². The summed E-state index contributed by atoms with van der Waals surface area (Å²) in [6.07, 6.45) is -2.72. The van der Waals surface area contributed by atoms with E-state index in [1.807, 2.05) is 30.3 Å². The Morgan fingerprint density at radius 2 is 1.88 bits per heavy atom. The van der Waals surface area contributed by atoms with Crippen LogP contribution in [0.5, 0.6) is 0 Å². The van der Waals surface area contributed by atoms with E-state index in [2.05, 4.69) is 4.74 Å². The first-order valence-electron chi connectivity index (χ1n) is 7.62. The highest BCUT2D eigenvalue weighted by atomic mass is 16.6. The Hall–Kier alpha value is -2.41. The minimum atomic E-state index is -1.17. The van der Waals surface area contributed by atoms with Crippen LogP contribution in [0.25, 0.3) is 0 Å². The third kappa shape index (κ3) is 4.32. The molecule has 1 heterocycles. The minimum Gasteiger partial charge on any atom is -0.443 e. The molecule has 0 N–H and O–H groups in total. The maximum absolute atomic E-state index is 12.2. The molecule has 2 atom stereocenters. The number of hydrogen-bond acceptors (Lipinski definition) is 6. The van der Waals surface area contributed by atoms with Crippen LogP contribution in [-0.2, 0) is 25.6 Å². The van der Waals surface area contributed by atoms with E-state index in [-0.39, 0.29) is 6.61 Å². The summed E-state index contributed by atoms with van der Waals surface area (Å²) in [4.78, 5) is 36.6. The summed E-state index contributed by atoms with van der Waals surface area (Å²) < 4.78 is 15.4. The Bertz CT molecular complexity index is 622. The molecule has 1 aliphatic heterocycles.